The molecule has 1 saturated heterocycles. The average Bonchev–Trinajstić information content (AvgIpc) is 3.16. The van der Waals surface area contributed by atoms with E-state index in [0.717, 1.165) is 12.1 Å². The molecular weight excluding hydrogens is 425 g/mol. The number of Topliss-reactive ketones (excluding diaryl/α,β-unsaturated/α-hetero) is 1. The summed E-state index contributed by atoms with van der Waals surface area (Å²) in [5, 5.41) is 11.2. The van der Waals surface area contributed by atoms with Gasteiger partial charge in [-0.3, -0.25) is 14.4 Å². The molecule has 1 spiro atoms. The van der Waals surface area contributed by atoms with Crippen molar-refractivity contribution in [3.8, 4) is 0 Å². The number of likely N-dealkylation sites (N-methyl/N-ethyl adjacent to an activating group) is 1. The Balaban J connectivity index is 2.05. The number of aliphatic hydroxyl groups is 1. The lowest BCUT2D eigenvalue weighted by molar-refractivity contribution is -0.143. The Labute approximate surface area is 191 Å². The summed E-state index contributed by atoms with van der Waals surface area (Å²) in [4.78, 5) is 45.2. The molecule has 8 heteroatoms. The smallest absolute Gasteiger partial charge is 0.296 e. The highest BCUT2D eigenvalue weighted by atomic mass is 19.1. The lowest BCUT2D eigenvalue weighted by atomic mass is 9.82. The van der Waals surface area contributed by atoms with Gasteiger partial charge in [-0.2, -0.15) is 0 Å². The number of benzene rings is 2. The van der Waals surface area contributed by atoms with Crippen molar-refractivity contribution in [2.24, 2.45) is 0 Å². The molecular formula is C25H24FN3O4. The number of anilines is 1. The number of rotatable bonds is 6. The van der Waals surface area contributed by atoms with E-state index in [9.17, 15) is 23.9 Å². The van der Waals surface area contributed by atoms with Crippen LogP contribution in [0, 0.1) is 5.82 Å². The Morgan fingerprint density at radius 1 is 1.12 bits per heavy atom. The molecule has 7 nitrogen and oxygen atoms in total. The van der Waals surface area contributed by atoms with Gasteiger partial charge in [0, 0.05) is 30.8 Å². The van der Waals surface area contributed by atoms with Gasteiger partial charge >= 0.3 is 0 Å². The van der Waals surface area contributed by atoms with E-state index in [1.165, 1.54) is 21.9 Å². The largest absolute Gasteiger partial charge is 0.507 e. The first-order valence-corrected chi connectivity index (χ1v) is 10.5. The van der Waals surface area contributed by atoms with Crippen molar-refractivity contribution in [3.05, 3.63) is 83.7 Å². The van der Waals surface area contributed by atoms with Crippen LogP contribution in [0.25, 0.3) is 5.76 Å². The average molecular weight is 449 g/mol. The number of nitrogens with zero attached hydrogens (tertiary/aromatic N) is 3. The van der Waals surface area contributed by atoms with Crippen LogP contribution in [0.1, 0.15) is 11.1 Å². The molecule has 170 valence electrons. The van der Waals surface area contributed by atoms with Gasteiger partial charge in [-0.05, 0) is 44.4 Å². The van der Waals surface area contributed by atoms with Crippen molar-refractivity contribution in [2.75, 3.05) is 38.6 Å². The van der Waals surface area contributed by atoms with Gasteiger partial charge in [-0.25, -0.2) is 4.39 Å². The van der Waals surface area contributed by atoms with Crippen molar-refractivity contribution < 1.29 is 23.9 Å². The van der Waals surface area contributed by atoms with Crippen LogP contribution in [-0.4, -0.2) is 66.2 Å². The van der Waals surface area contributed by atoms with E-state index in [4.69, 9.17) is 0 Å². The lowest BCUT2D eigenvalue weighted by Crippen LogP contribution is -2.53. The second kappa shape index (κ2) is 8.29. The van der Waals surface area contributed by atoms with Gasteiger partial charge in [0.1, 0.15) is 11.6 Å². The molecule has 0 bridgehead atoms. The van der Waals surface area contributed by atoms with Gasteiger partial charge in [0.15, 0.2) is 5.54 Å². The molecule has 0 aromatic heterocycles. The second-order valence-corrected chi connectivity index (χ2v) is 8.25. The molecule has 2 aromatic rings. The van der Waals surface area contributed by atoms with Crippen LogP contribution >= 0.6 is 0 Å². The van der Waals surface area contributed by atoms with Crippen LogP contribution in [0.15, 0.2) is 66.8 Å². The summed E-state index contributed by atoms with van der Waals surface area (Å²) in [7, 11) is 3.63. The number of ketones is 1. The number of likely N-dealkylation sites (tertiary alicyclic amines) is 1. The molecule has 33 heavy (non-hydrogen) atoms. The van der Waals surface area contributed by atoms with Crippen LogP contribution in [0.4, 0.5) is 10.1 Å². The van der Waals surface area contributed by atoms with Crippen molar-refractivity contribution in [2.45, 2.75) is 5.54 Å². The molecule has 0 unspecified atom stereocenters. The van der Waals surface area contributed by atoms with Crippen LogP contribution in [-0.2, 0) is 19.9 Å². The highest BCUT2D eigenvalue weighted by molar-refractivity contribution is 6.50. The van der Waals surface area contributed by atoms with Crippen molar-refractivity contribution in [3.63, 3.8) is 0 Å². The SMILES string of the molecule is C=CCN1C(=O)[C@]2(C(=C(O)c3ccc(F)cc3)C(=O)C(=O)N2CCN(C)C)c2ccccc21. The van der Waals surface area contributed by atoms with E-state index < -0.39 is 34.7 Å². The molecule has 2 aromatic carbocycles. The highest BCUT2D eigenvalue weighted by Crippen LogP contribution is 2.53. The summed E-state index contributed by atoms with van der Waals surface area (Å²) in [6, 6.07) is 11.8. The van der Waals surface area contributed by atoms with E-state index in [-0.39, 0.29) is 24.2 Å². The Kier molecular flexibility index (Phi) is 5.63. The summed E-state index contributed by atoms with van der Waals surface area (Å²) in [6.07, 6.45) is 1.56. The Hall–Kier alpha value is -3.78. The van der Waals surface area contributed by atoms with E-state index in [1.54, 1.807) is 30.3 Å². The summed E-state index contributed by atoms with van der Waals surface area (Å²) in [6.45, 7) is 4.35. The maximum Gasteiger partial charge on any atom is 0.296 e. The molecule has 1 atom stereocenters. The van der Waals surface area contributed by atoms with Crippen molar-refractivity contribution in [1.29, 1.82) is 0 Å². The number of aliphatic hydroxyl groups excluding tert-OH is 1. The third-order valence-electron chi connectivity index (χ3n) is 6.01. The molecule has 1 N–H and O–H groups in total. The molecule has 2 heterocycles. The predicted molar refractivity (Wildman–Crippen MR) is 122 cm³/mol. The molecule has 4 rings (SSSR count). The fourth-order valence-corrected chi connectivity index (χ4v) is 4.53. The maximum atomic E-state index is 14.0. The van der Waals surface area contributed by atoms with Crippen LogP contribution in [0.2, 0.25) is 0 Å². The Morgan fingerprint density at radius 2 is 1.79 bits per heavy atom. The number of fused-ring (bicyclic) bond motifs is 2. The Morgan fingerprint density at radius 3 is 2.42 bits per heavy atom. The third kappa shape index (κ3) is 3.25. The first-order chi connectivity index (χ1) is 15.7. The van der Waals surface area contributed by atoms with Crippen molar-refractivity contribution in [1.82, 2.24) is 9.80 Å². The van der Waals surface area contributed by atoms with Gasteiger partial charge in [-0.15, -0.1) is 6.58 Å². The summed E-state index contributed by atoms with van der Waals surface area (Å²) < 4.78 is 13.5. The van der Waals surface area contributed by atoms with Gasteiger partial charge in [0.05, 0.1) is 11.3 Å². The number of amides is 2. The third-order valence-corrected chi connectivity index (χ3v) is 6.01. The maximum absolute atomic E-state index is 14.0. The number of hydrogen-bond donors (Lipinski definition) is 1. The Bertz CT molecular complexity index is 1190. The topological polar surface area (TPSA) is 81.2 Å². The molecule has 0 saturated carbocycles. The van der Waals surface area contributed by atoms with E-state index >= 15 is 0 Å². The minimum atomic E-state index is -1.83. The minimum absolute atomic E-state index is 0.0831. The summed E-state index contributed by atoms with van der Waals surface area (Å²) >= 11 is 0. The molecule has 0 radical (unpaired) electrons. The van der Waals surface area contributed by atoms with Crippen molar-refractivity contribution >= 4 is 29.0 Å². The first-order valence-electron chi connectivity index (χ1n) is 10.5. The second-order valence-electron chi connectivity index (χ2n) is 8.25. The zero-order valence-electron chi connectivity index (χ0n) is 18.4. The van der Waals surface area contributed by atoms with E-state index in [2.05, 4.69) is 6.58 Å². The van der Waals surface area contributed by atoms with Crippen LogP contribution in [0.5, 0.6) is 0 Å². The minimum Gasteiger partial charge on any atom is -0.507 e. The molecule has 1 fully saturated rings. The number of para-hydroxylation sites is 1. The fraction of sp³-hybridized carbons (Fsp3) is 0.240. The van der Waals surface area contributed by atoms with Gasteiger partial charge in [-0.1, -0.05) is 24.3 Å². The van der Waals surface area contributed by atoms with E-state index in [1.807, 2.05) is 19.0 Å². The van der Waals surface area contributed by atoms with Crippen LogP contribution in [0.3, 0.4) is 0 Å². The normalized spacial score (nSPS) is 21.4. The van der Waals surface area contributed by atoms with Gasteiger partial charge in [0.25, 0.3) is 17.6 Å². The number of carbonyl (C=O) groups is 3. The zero-order valence-corrected chi connectivity index (χ0v) is 18.4. The molecule has 0 aliphatic carbocycles. The molecule has 2 aliphatic heterocycles. The first kappa shape index (κ1) is 22.4. The predicted octanol–water partition coefficient (Wildman–Crippen LogP) is 2.50. The highest BCUT2D eigenvalue weighted by Gasteiger charge is 2.66. The quantitative estimate of drug-likeness (QED) is 0.317. The molecule has 2 amide bonds. The summed E-state index contributed by atoms with van der Waals surface area (Å²) in [5.41, 5.74) is -1.05. The number of carbonyl (C=O) groups excluding carboxylic acids is 3. The van der Waals surface area contributed by atoms with Crippen LogP contribution < -0.4 is 4.90 Å². The monoisotopic (exact) mass is 449 g/mol. The fourth-order valence-electron chi connectivity index (χ4n) is 4.53. The van der Waals surface area contributed by atoms with Gasteiger partial charge in [0.2, 0.25) is 0 Å². The molecule has 2 aliphatic rings. The zero-order chi connectivity index (χ0) is 23.9. The number of halogens is 1. The van der Waals surface area contributed by atoms with E-state index in [0.29, 0.717) is 17.8 Å². The standard InChI is InChI=1S/C25H24FN3O4/c1-4-13-28-19-8-6-5-7-18(19)25(24(28)33)20(21(30)16-9-11-17(26)12-10-16)22(31)23(32)29(25)15-14-27(2)3/h4-12,30H,1,13-15H2,2-3H3/t25-/m1/s1. The van der Waals surface area contributed by atoms with Gasteiger partial charge < -0.3 is 19.8 Å². The lowest BCUT2D eigenvalue weighted by Gasteiger charge is -2.35. The number of hydrogen-bond acceptors (Lipinski definition) is 5. The summed E-state index contributed by atoms with van der Waals surface area (Å²) in [5.74, 6) is -3.40.